The number of esters is 2. The Labute approximate surface area is 231 Å². The second-order valence-electron chi connectivity index (χ2n) is 8.73. The highest BCUT2D eigenvalue weighted by atomic mass is 16.6. The number of ether oxygens (including phenoxy) is 6. The van der Waals surface area contributed by atoms with Gasteiger partial charge in [0.2, 0.25) is 5.75 Å². The first-order chi connectivity index (χ1) is 19.2. The summed E-state index contributed by atoms with van der Waals surface area (Å²) >= 11 is 0. The summed E-state index contributed by atoms with van der Waals surface area (Å²) in [6.07, 6.45) is 0. The van der Waals surface area contributed by atoms with E-state index in [0.717, 1.165) is 0 Å². The van der Waals surface area contributed by atoms with Gasteiger partial charge in [-0.1, -0.05) is 12.1 Å². The minimum absolute atomic E-state index is 0.0165. The van der Waals surface area contributed by atoms with E-state index in [0.29, 0.717) is 39.8 Å². The molecule has 0 spiro atoms. The molecule has 1 aliphatic rings. The molecular weight excluding hydrogens is 524 g/mol. The Balaban J connectivity index is 2.01. The molecule has 2 aromatic carbocycles. The molecule has 0 amide bonds. The van der Waals surface area contributed by atoms with E-state index in [1.807, 2.05) is 0 Å². The number of dihydropyridines is 1. The average molecular weight is 557 g/mol. The molecule has 2 aromatic rings. The summed E-state index contributed by atoms with van der Waals surface area (Å²) in [7, 11) is 5.90. The van der Waals surface area contributed by atoms with Crippen molar-refractivity contribution < 1.29 is 42.9 Å². The van der Waals surface area contributed by atoms with Crippen molar-refractivity contribution in [3.63, 3.8) is 0 Å². The second-order valence-corrected chi connectivity index (χ2v) is 8.73. The number of nitro benzene ring substituents is 1. The van der Waals surface area contributed by atoms with Gasteiger partial charge in [0.15, 0.2) is 11.5 Å². The Morgan fingerprint density at radius 1 is 0.875 bits per heavy atom. The van der Waals surface area contributed by atoms with Gasteiger partial charge in [0.05, 0.1) is 49.9 Å². The molecule has 0 radical (unpaired) electrons. The fourth-order valence-corrected chi connectivity index (χ4v) is 4.43. The number of allylic oxidation sites excluding steroid dienone is 2. The van der Waals surface area contributed by atoms with Crippen LogP contribution in [0.5, 0.6) is 17.2 Å². The van der Waals surface area contributed by atoms with Gasteiger partial charge >= 0.3 is 11.9 Å². The first-order valence-electron chi connectivity index (χ1n) is 12.2. The standard InChI is InChI=1S/C28H32N2O10/c1-16-23(27(31)39-11-10-35-3)25(19-8-7-9-20(14-19)30(33)34)24(17(2)29-16)28(32)40-15-18-12-21(36-4)26(38-6)22(13-18)37-5/h7-9,12-14,25,29H,10-11,15H2,1-6H3. The number of nitro groups is 1. The van der Waals surface area contributed by atoms with Crippen LogP contribution in [0.3, 0.4) is 0 Å². The average Bonchev–Trinajstić information content (AvgIpc) is 2.94. The highest BCUT2D eigenvalue weighted by Gasteiger charge is 2.38. The fourth-order valence-electron chi connectivity index (χ4n) is 4.43. The van der Waals surface area contributed by atoms with E-state index in [4.69, 9.17) is 28.4 Å². The number of hydrogen-bond acceptors (Lipinski definition) is 11. The molecule has 0 saturated carbocycles. The van der Waals surface area contributed by atoms with Crippen LogP contribution in [-0.4, -0.2) is 58.5 Å². The van der Waals surface area contributed by atoms with Gasteiger partial charge < -0.3 is 33.7 Å². The van der Waals surface area contributed by atoms with Gasteiger partial charge in [-0.05, 0) is 37.1 Å². The zero-order valence-electron chi connectivity index (χ0n) is 23.2. The maximum Gasteiger partial charge on any atom is 0.337 e. The Morgan fingerprint density at radius 2 is 1.48 bits per heavy atom. The molecular formula is C28H32N2O10. The quantitative estimate of drug-likeness (QED) is 0.176. The predicted octanol–water partition coefficient (Wildman–Crippen LogP) is 3.79. The van der Waals surface area contributed by atoms with Crippen LogP contribution < -0.4 is 19.5 Å². The van der Waals surface area contributed by atoms with Crippen LogP contribution in [0, 0.1) is 10.1 Å². The van der Waals surface area contributed by atoms with Gasteiger partial charge in [0.25, 0.3) is 5.69 Å². The molecule has 12 nitrogen and oxygen atoms in total. The number of rotatable bonds is 12. The van der Waals surface area contributed by atoms with E-state index in [2.05, 4.69) is 5.32 Å². The third kappa shape index (κ3) is 6.52. The molecule has 1 N–H and O–H groups in total. The lowest BCUT2D eigenvalue weighted by Gasteiger charge is -2.30. The number of carbonyl (C=O) groups is 2. The summed E-state index contributed by atoms with van der Waals surface area (Å²) in [5.41, 5.74) is 1.83. The zero-order valence-corrected chi connectivity index (χ0v) is 23.2. The normalized spacial score (nSPS) is 14.8. The smallest absolute Gasteiger partial charge is 0.337 e. The van der Waals surface area contributed by atoms with Crippen molar-refractivity contribution in [1.82, 2.24) is 5.32 Å². The largest absolute Gasteiger partial charge is 0.493 e. The molecule has 0 aliphatic carbocycles. The van der Waals surface area contributed by atoms with Crippen molar-refractivity contribution >= 4 is 17.6 Å². The van der Waals surface area contributed by atoms with E-state index in [9.17, 15) is 19.7 Å². The van der Waals surface area contributed by atoms with Crippen LogP contribution in [0.15, 0.2) is 58.9 Å². The third-order valence-electron chi connectivity index (χ3n) is 6.23. The third-order valence-corrected chi connectivity index (χ3v) is 6.23. The lowest BCUT2D eigenvalue weighted by Crippen LogP contribution is -2.32. The van der Waals surface area contributed by atoms with Gasteiger partial charge in [-0.15, -0.1) is 0 Å². The molecule has 1 unspecified atom stereocenters. The molecule has 1 heterocycles. The van der Waals surface area contributed by atoms with Crippen LogP contribution in [-0.2, 0) is 30.4 Å². The van der Waals surface area contributed by atoms with Crippen molar-refractivity contribution in [3.8, 4) is 17.2 Å². The van der Waals surface area contributed by atoms with E-state index in [-0.39, 0.29) is 36.7 Å². The number of nitrogens with one attached hydrogen (secondary N) is 1. The topological polar surface area (TPSA) is 145 Å². The molecule has 1 atom stereocenters. The van der Waals surface area contributed by atoms with Crippen molar-refractivity contribution in [2.45, 2.75) is 26.4 Å². The first kappa shape index (κ1) is 30.0. The summed E-state index contributed by atoms with van der Waals surface area (Å²) in [6, 6.07) is 9.05. The number of hydrogen-bond donors (Lipinski definition) is 1. The number of benzene rings is 2. The van der Waals surface area contributed by atoms with Crippen LogP contribution >= 0.6 is 0 Å². The summed E-state index contributed by atoms with van der Waals surface area (Å²) in [5, 5.41) is 14.6. The first-order valence-corrected chi connectivity index (χ1v) is 12.2. The Morgan fingerprint density at radius 3 is 2.00 bits per heavy atom. The predicted molar refractivity (Wildman–Crippen MR) is 143 cm³/mol. The molecule has 3 rings (SSSR count). The summed E-state index contributed by atoms with van der Waals surface area (Å²) in [4.78, 5) is 37.8. The van der Waals surface area contributed by atoms with Crippen molar-refractivity contribution in [2.75, 3.05) is 41.7 Å². The van der Waals surface area contributed by atoms with E-state index >= 15 is 0 Å². The van der Waals surface area contributed by atoms with Gasteiger partial charge in [-0.3, -0.25) is 10.1 Å². The number of carbonyl (C=O) groups excluding carboxylic acids is 2. The molecule has 0 fully saturated rings. The molecule has 12 heteroatoms. The number of non-ortho nitro benzene ring substituents is 1. The zero-order chi connectivity index (χ0) is 29.4. The number of methoxy groups -OCH3 is 4. The maximum absolute atomic E-state index is 13.6. The van der Waals surface area contributed by atoms with Crippen LogP contribution in [0.4, 0.5) is 5.69 Å². The lowest BCUT2D eigenvalue weighted by atomic mass is 9.80. The van der Waals surface area contributed by atoms with Gasteiger partial charge in [-0.2, -0.15) is 0 Å². The van der Waals surface area contributed by atoms with Crippen molar-refractivity contribution in [3.05, 3.63) is 80.2 Å². The summed E-state index contributed by atoms with van der Waals surface area (Å²) < 4.78 is 32.1. The van der Waals surface area contributed by atoms with E-state index < -0.39 is 22.8 Å². The van der Waals surface area contributed by atoms with E-state index in [1.54, 1.807) is 32.0 Å². The summed E-state index contributed by atoms with van der Waals surface area (Å²) in [5.74, 6) is -1.26. The number of nitrogens with zero attached hydrogens (tertiary/aromatic N) is 1. The Kier molecular flexibility index (Phi) is 10.1. The SMILES string of the molecule is COCCOC(=O)C1=C(C)NC(C)=C(C(=O)OCc2cc(OC)c(OC)c(OC)c2)C1c1cccc([N+](=O)[O-])c1. The van der Waals surface area contributed by atoms with Crippen molar-refractivity contribution in [2.24, 2.45) is 0 Å². The Bertz CT molecular complexity index is 1320. The minimum atomic E-state index is -0.997. The van der Waals surface area contributed by atoms with Crippen LogP contribution in [0.25, 0.3) is 0 Å². The monoisotopic (exact) mass is 556 g/mol. The van der Waals surface area contributed by atoms with Gasteiger partial charge in [0, 0.05) is 30.6 Å². The van der Waals surface area contributed by atoms with Crippen LogP contribution in [0.1, 0.15) is 30.9 Å². The second kappa shape index (κ2) is 13.5. The molecule has 40 heavy (non-hydrogen) atoms. The van der Waals surface area contributed by atoms with Gasteiger partial charge in [0.1, 0.15) is 13.2 Å². The molecule has 214 valence electrons. The molecule has 0 saturated heterocycles. The fraction of sp³-hybridized carbons (Fsp3) is 0.357. The maximum atomic E-state index is 13.6. The van der Waals surface area contributed by atoms with Gasteiger partial charge in [-0.25, -0.2) is 9.59 Å². The lowest BCUT2D eigenvalue weighted by molar-refractivity contribution is -0.384. The Hall–Kier alpha value is -4.58. The van der Waals surface area contributed by atoms with Crippen molar-refractivity contribution in [1.29, 1.82) is 0 Å². The molecule has 0 aromatic heterocycles. The highest BCUT2D eigenvalue weighted by Crippen LogP contribution is 2.41. The molecule has 0 bridgehead atoms. The van der Waals surface area contributed by atoms with Crippen LogP contribution in [0.2, 0.25) is 0 Å². The highest BCUT2D eigenvalue weighted by molar-refractivity contribution is 6.00. The minimum Gasteiger partial charge on any atom is -0.493 e. The summed E-state index contributed by atoms with van der Waals surface area (Å²) in [6.45, 7) is 3.32. The molecule has 1 aliphatic heterocycles. The van der Waals surface area contributed by atoms with E-state index in [1.165, 1.54) is 46.6 Å².